The predicted octanol–water partition coefficient (Wildman–Crippen LogP) is 2.55. The fraction of sp³-hybridized carbons (Fsp3) is 0.500. The Kier molecular flexibility index (Phi) is 7.81. The van der Waals surface area contributed by atoms with Crippen LogP contribution in [0.1, 0.15) is 43.0 Å². The molecule has 1 saturated heterocycles. The summed E-state index contributed by atoms with van der Waals surface area (Å²) in [4.78, 5) is 25.9. The zero-order valence-electron chi connectivity index (χ0n) is 14.5. The minimum atomic E-state index is -0.0786. The second kappa shape index (κ2) is 10.1. The van der Waals surface area contributed by atoms with Crippen molar-refractivity contribution >= 4 is 34.8 Å². The van der Waals surface area contributed by atoms with E-state index in [1.54, 1.807) is 29.2 Å². The Balaban J connectivity index is 1.82. The highest BCUT2D eigenvalue weighted by atomic mass is 32.1. The molecule has 25 heavy (non-hydrogen) atoms. The molecular formula is C18H25N3O3S. The molecule has 0 bridgehead atoms. The lowest BCUT2D eigenvalue weighted by molar-refractivity contribution is -0.119. The summed E-state index contributed by atoms with van der Waals surface area (Å²) in [6.45, 7) is 4.49. The van der Waals surface area contributed by atoms with E-state index in [1.165, 1.54) is 0 Å². The van der Waals surface area contributed by atoms with Gasteiger partial charge in [-0.3, -0.25) is 9.59 Å². The van der Waals surface area contributed by atoms with Crippen molar-refractivity contribution in [2.75, 3.05) is 31.6 Å². The number of carbonyl (C=O) groups is 2. The Bertz CT molecular complexity index is 598. The maximum Gasteiger partial charge on any atom is 0.254 e. The van der Waals surface area contributed by atoms with Crippen LogP contribution in [-0.4, -0.2) is 48.1 Å². The van der Waals surface area contributed by atoms with Gasteiger partial charge in [-0.1, -0.05) is 19.8 Å². The number of hydrogen-bond acceptors (Lipinski definition) is 4. The molecule has 1 aliphatic heterocycles. The largest absolute Gasteiger partial charge is 0.378 e. The maximum absolute atomic E-state index is 12.4. The molecule has 0 aromatic heterocycles. The molecule has 2 amide bonds. The molecule has 1 heterocycles. The number of rotatable bonds is 6. The van der Waals surface area contributed by atoms with Crippen molar-refractivity contribution in [3.8, 4) is 0 Å². The SMILES string of the molecule is CCCCCC(=O)NC(=S)Nc1ccc(C(=O)N2CCOCC2)cc1. The number of unbranched alkanes of at least 4 members (excludes halogenated alkanes) is 2. The number of thiocarbonyl (C=S) groups is 1. The summed E-state index contributed by atoms with van der Waals surface area (Å²) in [7, 11) is 0. The van der Waals surface area contributed by atoms with Crippen LogP contribution in [0.2, 0.25) is 0 Å². The molecule has 1 aliphatic rings. The first-order valence-electron chi connectivity index (χ1n) is 8.68. The summed E-state index contributed by atoms with van der Waals surface area (Å²) in [5.41, 5.74) is 1.36. The van der Waals surface area contributed by atoms with Gasteiger partial charge in [-0.2, -0.15) is 0 Å². The van der Waals surface area contributed by atoms with Gasteiger partial charge < -0.3 is 20.3 Å². The van der Waals surface area contributed by atoms with Gasteiger partial charge in [0.05, 0.1) is 13.2 Å². The van der Waals surface area contributed by atoms with Gasteiger partial charge in [0.15, 0.2) is 5.11 Å². The Labute approximate surface area is 153 Å². The lowest BCUT2D eigenvalue weighted by atomic mass is 10.1. The van der Waals surface area contributed by atoms with Gasteiger partial charge in [0.2, 0.25) is 5.91 Å². The Morgan fingerprint density at radius 1 is 1.16 bits per heavy atom. The van der Waals surface area contributed by atoms with E-state index in [9.17, 15) is 9.59 Å². The smallest absolute Gasteiger partial charge is 0.254 e. The molecule has 1 fully saturated rings. The molecule has 0 spiro atoms. The fourth-order valence-corrected chi connectivity index (χ4v) is 2.76. The van der Waals surface area contributed by atoms with E-state index in [0.29, 0.717) is 38.3 Å². The zero-order valence-corrected chi connectivity index (χ0v) is 15.4. The van der Waals surface area contributed by atoms with E-state index < -0.39 is 0 Å². The first kappa shape index (κ1) is 19.3. The summed E-state index contributed by atoms with van der Waals surface area (Å²) in [6, 6.07) is 7.07. The first-order valence-corrected chi connectivity index (χ1v) is 9.09. The van der Waals surface area contributed by atoms with Crippen molar-refractivity contribution in [3.05, 3.63) is 29.8 Å². The number of morpholine rings is 1. The number of nitrogens with zero attached hydrogens (tertiary/aromatic N) is 1. The van der Waals surface area contributed by atoms with Crippen LogP contribution in [0.3, 0.4) is 0 Å². The monoisotopic (exact) mass is 363 g/mol. The summed E-state index contributed by atoms with van der Waals surface area (Å²) >= 11 is 5.15. The molecule has 0 unspecified atom stereocenters. The number of nitrogens with one attached hydrogen (secondary N) is 2. The number of ether oxygens (including phenoxy) is 1. The normalized spacial score (nSPS) is 14.0. The second-order valence-corrected chi connectivity index (χ2v) is 6.35. The van der Waals surface area contributed by atoms with Crippen molar-refractivity contribution in [1.82, 2.24) is 10.2 Å². The van der Waals surface area contributed by atoms with Gasteiger partial charge in [0, 0.05) is 30.8 Å². The lowest BCUT2D eigenvalue weighted by Gasteiger charge is -2.26. The Morgan fingerprint density at radius 2 is 1.84 bits per heavy atom. The molecule has 2 rings (SSSR count). The summed E-state index contributed by atoms with van der Waals surface area (Å²) in [6.07, 6.45) is 3.45. The van der Waals surface area contributed by atoms with Crippen LogP contribution in [-0.2, 0) is 9.53 Å². The van der Waals surface area contributed by atoms with E-state index in [1.807, 2.05) is 0 Å². The van der Waals surface area contributed by atoms with E-state index in [-0.39, 0.29) is 16.9 Å². The van der Waals surface area contributed by atoms with Crippen molar-refractivity contribution in [2.24, 2.45) is 0 Å². The number of hydrogen-bond donors (Lipinski definition) is 2. The van der Waals surface area contributed by atoms with Gasteiger partial charge in [-0.15, -0.1) is 0 Å². The highest BCUT2D eigenvalue weighted by Gasteiger charge is 2.18. The van der Waals surface area contributed by atoms with E-state index in [2.05, 4.69) is 17.6 Å². The number of benzene rings is 1. The minimum Gasteiger partial charge on any atom is -0.378 e. The summed E-state index contributed by atoms with van der Waals surface area (Å²) in [5, 5.41) is 5.90. The Hall–Kier alpha value is -1.99. The standard InChI is InChI=1S/C18H25N3O3S/c1-2-3-4-5-16(22)20-18(25)19-15-8-6-14(7-9-15)17(23)21-10-12-24-13-11-21/h6-9H,2-5,10-13H2,1H3,(H2,19,20,22,25). The van der Waals surface area contributed by atoms with E-state index in [4.69, 9.17) is 17.0 Å². The number of anilines is 1. The van der Waals surface area contributed by atoms with Crippen LogP contribution in [0.4, 0.5) is 5.69 Å². The van der Waals surface area contributed by atoms with Crippen LogP contribution in [0.25, 0.3) is 0 Å². The van der Waals surface area contributed by atoms with Crippen molar-refractivity contribution < 1.29 is 14.3 Å². The molecule has 6 nitrogen and oxygen atoms in total. The van der Waals surface area contributed by atoms with Crippen LogP contribution >= 0.6 is 12.2 Å². The predicted molar refractivity (Wildman–Crippen MR) is 102 cm³/mol. The molecule has 136 valence electrons. The number of amides is 2. The Morgan fingerprint density at radius 3 is 2.48 bits per heavy atom. The van der Waals surface area contributed by atoms with Gasteiger partial charge in [-0.25, -0.2) is 0 Å². The average Bonchev–Trinajstić information content (AvgIpc) is 2.62. The molecule has 1 aromatic rings. The van der Waals surface area contributed by atoms with Crippen molar-refractivity contribution in [2.45, 2.75) is 32.6 Å². The van der Waals surface area contributed by atoms with Gasteiger partial charge in [0.1, 0.15) is 0 Å². The molecule has 0 saturated carbocycles. The fourth-order valence-electron chi connectivity index (χ4n) is 2.53. The molecule has 7 heteroatoms. The van der Waals surface area contributed by atoms with Crippen LogP contribution in [0, 0.1) is 0 Å². The summed E-state index contributed by atoms with van der Waals surface area (Å²) in [5.74, 6) is -0.0771. The zero-order chi connectivity index (χ0) is 18.1. The lowest BCUT2D eigenvalue weighted by Crippen LogP contribution is -2.40. The highest BCUT2D eigenvalue weighted by Crippen LogP contribution is 2.12. The van der Waals surface area contributed by atoms with Gasteiger partial charge in [-0.05, 0) is 42.9 Å². The molecule has 2 N–H and O–H groups in total. The topological polar surface area (TPSA) is 70.7 Å². The first-order chi connectivity index (χ1) is 12.1. The van der Waals surface area contributed by atoms with Gasteiger partial charge >= 0.3 is 0 Å². The molecule has 1 aromatic carbocycles. The third-order valence-corrected chi connectivity index (χ3v) is 4.15. The van der Waals surface area contributed by atoms with E-state index >= 15 is 0 Å². The quantitative estimate of drug-likeness (QED) is 0.600. The maximum atomic E-state index is 12.4. The minimum absolute atomic E-state index is 0.00153. The van der Waals surface area contributed by atoms with Crippen molar-refractivity contribution in [3.63, 3.8) is 0 Å². The number of carbonyl (C=O) groups excluding carboxylic acids is 2. The van der Waals surface area contributed by atoms with Crippen LogP contribution in [0.15, 0.2) is 24.3 Å². The third-order valence-electron chi connectivity index (χ3n) is 3.95. The van der Waals surface area contributed by atoms with E-state index in [0.717, 1.165) is 24.9 Å². The average molecular weight is 363 g/mol. The van der Waals surface area contributed by atoms with Crippen molar-refractivity contribution in [1.29, 1.82) is 0 Å². The molecule has 0 radical (unpaired) electrons. The summed E-state index contributed by atoms with van der Waals surface area (Å²) < 4.78 is 5.26. The molecule has 0 atom stereocenters. The highest BCUT2D eigenvalue weighted by molar-refractivity contribution is 7.80. The molecule has 0 aliphatic carbocycles. The molecular weight excluding hydrogens is 338 g/mol. The second-order valence-electron chi connectivity index (χ2n) is 5.94. The van der Waals surface area contributed by atoms with Crippen LogP contribution in [0.5, 0.6) is 0 Å². The van der Waals surface area contributed by atoms with Crippen LogP contribution < -0.4 is 10.6 Å². The van der Waals surface area contributed by atoms with Gasteiger partial charge in [0.25, 0.3) is 5.91 Å². The third kappa shape index (κ3) is 6.43.